The third-order valence-electron chi connectivity index (χ3n) is 4.94. The number of nitrogens with one attached hydrogen (secondary N) is 1. The van der Waals surface area contributed by atoms with Crippen LogP contribution in [-0.2, 0) is 11.2 Å². The molecular weight excluding hydrogens is 264 g/mol. The Kier molecular flexibility index (Phi) is 4.56. The van der Waals surface area contributed by atoms with E-state index in [9.17, 15) is 4.79 Å². The average Bonchev–Trinajstić information content (AvgIpc) is 3.04. The van der Waals surface area contributed by atoms with Gasteiger partial charge in [-0.1, -0.05) is 26.2 Å². The molecule has 5 heteroatoms. The first-order chi connectivity index (χ1) is 10.3. The van der Waals surface area contributed by atoms with E-state index in [-0.39, 0.29) is 5.92 Å². The summed E-state index contributed by atoms with van der Waals surface area (Å²) in [5, 5.41) is 7.34. The number of aromatic nitrogens is 3. The summed E-state index contributed by atoms with van der Waals surface area (Å²) in [7, 11) is 0. The van der Waals surface area contributed by atoms with Gasteiger partial charge >= 0.3 is 0 Å². The van der Waals surface area contributed by atoms with E-state index < -0.39 is 0 Å². The Hall–Kier alpha value is -1.39. The number of carbonyl (C=O) groups excluding carboxylic acids is 1. The van der Waals surface area contributed by atoms with Crippen LogP contribution < -0.4 is 0 Å². The van der Waals surface area contributed by atoms with Crippen molar-refractivity contribution in [3.8, 4) is 0 Å². The molecule has 116 valence electrons. The fourth-order valence-electron chi connectivity index (χ4n) is 3.65. The summed E-state index contributed by atoms with van der Waals surface area (Å²) in [5.41, 5.74) is 0. The first-order valence-electron chi connectivity index (χ1n) is 8.48. The lowest BCUT2D eigenvalue weighted by Crippen LogP contribution is -2.43. The maximum Gasteiger partial charge on any atom is 0.225 e. The van der Waals surface area contributed by atoms with E-state index >= 15 is 0 Å². The van der Waals surface area contributed by atoms with Crippen molar-refractivity contribution < 1.29 is 4.79 Å². The molecular formula is C16H26N4O. The summed E-state index contributed by atoms with van der Waals surface area (Å²) >= 11 is 0. The van der Waals surface area contributed by atoms with E-state index in [1.165, 1.54) is 19.3 Å². The lowest BCUT2D eigenvalue weighted by molar-refractivity contribution is -0.137. The molecule has 1 aliphatic carbocycles. The number of amides is 1. The number of piperidine rings is 1. The van der Waals surface area contributed by atoms with Gasteiger partial charge in [0.2, 0.25) is 5.91 Å². The maximum absolute atomic E-state index is 12.7. The van der Waals surface area contributed by atoms with Gasteiger partial charge in [0.1, 0.15) is 5.82 Å². The molecule has 3 rings (SSSR count). The largest absolute Gasteiger partial charge is 0.342 e. The molecule has 0 spiro atoms. The zero-order valence-electron chi connectivity index (χ0n) is 13.0. The standard InChI is InChI=1S/C16H26N4O/c1-2-14-17-15(19-18-14)13-9-6-10-20(11-13)16(21)12-7-4-3-5-8-12/h12-13H,2-11H2,1H3,(H,17,18,19)/t13-/m1/s1. The van der Waals surface area contributed by atoms with Crippen molar-refractivity contribution in [1.29, 1.82) is 0 Å². The van der Waals surface area contributed by atoms with Crippen molar-refractivity contribution in [2.45, 2.75) is 64.2 Å². The number of carbonyl (C=O) groups is 1. The number of aromatic amines is 1. The molecule has 1 N–H and O–H groups in total. The van der Waals surface area contributed by atoms with Crippen LogP contribution in [0.2, 0.25) is 0 Å². The monoisotopic (exact) mass is 290 g/mol. The highest BCUT2D eigenvalue weighted by molar-refractivity contribution is 5.79. The van der Waals surface area contributed by atoms with Crippen molar-refractivity contribution in [3.63, 3.8) is 0 Å². The fraction of sp³-hybridized carbons (Fsp3) is 0.812. The summed E-state index contributed by atoms with van der Waals surface area (Å²) in [6.45, 7) is 3.79. The third-order valence-corrected chi connectivity index (χ3v) is 4.94. The molecule has 2 heterocycles. The van der Waals surface area contributed by atoms with Crippen LogP contribution in [0, 0.1) is 5.92 Å². The fourth-order valence-corrected chi connectivity index (χ4v) is 3.65. The molecule has 21 heavy (non-hydrogen) atoms. The molecule has 0 aromatic carbocycles. The molecule has 0 unspecified atom stereocenters. The van der Waals surface area contributed by atoms with Gasteiger partial charge in [-0.3, -0.25) is 9.89 Å². The Morgan fingerprint density at radius 3 is 2.76 bits per heavy atom. The smallest absolute Gasteiger partial charge is 0.225 e. The first kappa shape index (κ1) is 14.5. The van der Waals surface area contributed by atoms with Crippen molar-refractivity contribution in [1.82, 2.24) is 20.1 Å². The van der Waals surface area contributed by atoms with E-state index in [0.29, 0.717) is 11.8 Å². The predicted octanol–water partition coefficient (Wildman–Crippen LogP) is 2.65. The minimum absolute atomic E-state index is 0.274. The van der Waals surface area contributed by atoms with Gasteiger partial charge in [0.25, 0.3) is 0 Å². The van der Waals surface area contributed by atoms with Gasteiger partial charge in [0.05, 0.1) is 0 Å². The minimum Gasteiger partial charge on any atom is -0.342 e. The van der Waals surface area contributed by atoms with Crippen LogP contribution >= 0.6 is 0 Å². The summed E-state index contributed by atoms with van der Waals surface area (Å²) in [6, 6.07) is 0. The summed E-state index contributed by atoms with van der Waals surface area (Å²) < 4.78 is 0. The normalized spacial score (nSPS) is 24.2. The predicted molar refractivity (Wildman–Crippen MR) is 80.9 cm³/mol. The van der Waals surface area contributed by atoms with E-state index in [2.05, 4.69) is 27.0 Å². The van der Waals surface area contributed by atoms with Crippen LogP contribution in [-0.4, -0.2) is 39.1 Å². The Morgan fingerprint density at radius 1 is 1.24 bits per heavy atom. The number of nitrogens with zero attached hydrogens (tertiary/aromatic N) is 3. The zero-order chi connectivity index (χ0) is 14.7. The summed E-state index contributed by atoms with van der Waals surface area (Å²) in [5.74, 6) is 2.80. The van der Waals surface area contributed by atoms with Gasteiger partial charge < -0.3 is 4.90 Å². The number of rotatable bonds is 3. The molecule has 2 fully saturated rings. The molecule has 1 amide bonds. The van der Waals surface area contributed by atoms with E-state index in [0.717, 1.165) is 56.8 Å². The Labute approximate surface area is 126 Å². The highest BCUT2D eigenvalue weighted by atomic mass is 16.2. The number of aryl methyl sites for hydroxylation is 1. The van der Waals surface area contributed by atoms with Crippen LogP contribution in [0.5, 0.6) is 0 Å². The second-order valence-electron chi connectivity index (χ2n) is 6.45. The van der Waals surface area contributed by atoms with Gasteiger partial charge in [-0.25, -0.2) is 4.98 Å². The molecule has 1 aromatic rings. The Morgan fingerprint density at radius 2 is 2.05 bits per heavy atom. The van der Waals surface area contributed by atoms with Gasteiger partial charge in [-0.15, -0.1) is 0 Å². The SMILES string of the molecule is CCc1nc([C@@H]2CCCN(C(=O)C3CCCCC3)C2)n[nH]1. The highest BCUT2D eigenvalue weighted by Crippen LogP contribution is 2.29. The van der Waals surface area contributed by atoms with E-state index in [1.807, 2.05) is 0 Å². The van der Waals surface area contributed by atoms with Gasteiger partial charge in [-0.05, 0) is 25.7 Å². The molecule has 1 aromatic heterocycles. The third kappa shape index (κ3) is 3.27. The minimum atomic E-state index is 0.274. The summed E-state index contributed by atoms with van der Waals surface area (Å²) in [4.78, 5) is 19.3. The molecule has 2 aliphatic rings. The number of hydrogen-bond acceptors (Lipinski definition) is 3. The molecule has 0 radical (unpaired) electrons. The van der Waals surface area contributed by atoms with Gasteiger partial charge in [0.15, 0.2) is 5.82 Å². The van der Waals surface area contributed by atoms with Crippen LogP contribution in [0.4, 0.5) is 0 Å². The topological polar surface area (TPSA) is 61.9 Å². The van der Waals surface area contributed by atoms with Gasteiger partial charge in [0, 0.05) is 31.3 Å². The van der Waals surface area contributed by atoms with Crippen LogP contribution in [0.15, 0.2) is 0 Å². The Bertz CT molecular complexity index is 478. The van der Waals surface area contributed by atoms with Crippen LogP contribution in [0.3, 0.4) is 0 Å². The molecule has 1 saturated carbocycles. The first-order valence-corrected chi connectivity index (χ1v) is 8.48. The lowest BCUT2D eigenvalue weighted by atomic mass is 9.87. The van der Waals surface area contributed by atoms with Crippen molar-refractivity contribution >= 4 is 5.91 Å². The van der Waals surface area contributed by atoms with Crippen molar-refractivity contribution in [2.24, 2.45) is 5.92 Å². The summed E-state index contributed by atoms with van der Waals surface area (Å²) in [6.07, 6.45) is 8.94. The number of hydrogen-bond donors (Lipinski definition) is 1. The van der Waals surface area contributed by atoms with Crippen molar-refractivity contribution in [2.75, 3.05) is 13.1 Å². The highest BCUT2D eigenvalue weighted by Gasteiger charge is 2.31. The molecule has 1 atom stereocenters. The van der Waals surface area contributed by atoms with E-state index in [4.69, 9.17) is 0 Å². The van der Waals surface area contributed by atoms with Gasteiger partial charge in [-0.2, -0.15) is 5.10 Å². The number of H-pyrrole nitrogens is 1. The molecule has 5 nitrogen and oxygen atoms in total. The second-order valence-corrected chi connectivity index (χ2v) is 6.45. The van der Waals surface area contributed by atoms with Crippen LogP contribution in [0.1, 0.15) is 69.4 Å². The lowest BCUT2D eigenvalue weighted by Gasteiger charge is -2.35. The molecule has 1 aliphatic heterocycles. The molecule has 1 saturated heterocycles. The van der Waals surface area contributed by atoms with Crippen LogP contribution in [0.25, 0.3) is 0 Å². The van der Waals surface area contributed by atoms with E-state index in [1.54, 1.807) is 0 Å². The number of likely N-dealkylation sites (tertiary alicyclic amines) is 1. The maximum atomic E-state index is 12.7. The Balaban J connectivity index is 1.63. The zero-order valence-corrected chi connectivity index (χ0v) is 13.0. The van der Waals surface area contributed by atoms with Crippen molar-refractivity contribution in [3.05, 3.63) is 11.6 Å². The second kappa shape index (κ2) is 6.58. The average molecular weight is 290 g/mol. The quantitative estimate of drug-likeness (QED) is 0.931. The molecule has 0 bridgehead atoms.